The standard InChI is InChI=1S/C13H17N5O2/c1-3-4-10-5-9(6-11(14)17-10)13(19)15-7-12-16-8(2)20-18-12/h5-6H,3-4,7H2,1-2H3,(H2,14,17)(H,15,19). The minimum absolute atomic E-state index is 0.210. The Labute approximate surface area is 116 Å². The third-order valence-electron chi connectivity index (χ3n) is 2.64. The predicted octanol–water partition coefficient (Wildman–Crippen LogP) is 1.24. The maximum Gasteiger partial charge on any atom is 0.251 e. The summed E-state index contributed by atoms with van der Waals surface area (Å²) >= 11 is 0. The van der Waals surface area contributed by atoms with Crippen LogP contribution in [0.1, 0.15) is 41.1 Å². The maximum absolute atomic E-state index is 12.1. The highest BCUT2D eigenvalue weighted by atomic mass is 16.5. The van der Waals surface area contributed by atoms with Gasteiger partial charge in [-0.2, -0.15) is 4.98 Å². The number of amides is 1. The summed E-state index contributed by atoms with van der Waals surface area (Å²) in [4.78, 5) is 20.2. The van der Waals surface area contributed by atoms with E-state index < -0.39 is 0 Å². The molecular weight excluding hydrogens is 258 g/mol. The van der Waals surface area contributed by atoms with Crippen molar-refractivity contribution in [3.8, 4) is 0 Å². The molecule has 0 saturated heterocycles. The van der Waals surface area contributed by atoms with Crippen molar-refractivity contribution in [3.05, 3.63) is 35.1 Å². The molecule has 2 aromatic heterocycles. The van der Waals surface area contributed by atoms with Crippen LogP contribution in [0.3, 0.4) is 0 Å². The number of nitrogens with zero attached hydrogens (tertiary/aromatic N) is 3. The van der Waals surface area contributed by atoms with Crippen molar-refractivity contribution in [2.24, 2.45) is 0 Å². The van der Waals surface area contributed by atoms with Gasteiger partial charge < -0.3 is 15.6 Å². The van der Waals surface area contributed by atoms with E-state index in [0.29, 0.717) is 23.1 Å². The molecule has 0 fully saturated rings. The number of hydrogen-bond acceptors (Lipinski definition) is 6. The van der Waals surface area contributed by atoms with Crippen LogP contribution in [0.5, 0.6) is 0 Å². The average Bonchev–Trinajstić information content (AvgIpc) is 2.81. The molecule has 7 nitrogen and oxygen atoms in total. The van der Waals surface area contributed by atoms with Crippen LogP contribution >= 0.6 is 0 Å². The molecule has 0 aliphatic rings. The molecule has 0 radical (unpaired) electrons. The lowest BCUT2D eigenvalue weighted by Crippen LogP contribution is -2.24. The number of carbonyl (C=O) groups excluding carboxylic acids is 1. The van der Waals surface area contributed by atoms with Crippen molar-refractivity contribution in [1.82, 2.24) is 20.4 Å². The Kier molecular flexibility index (Phi) is 4.29. The molecule has 0 aliphatic carbocycles. The number of aryl methyl sites for hydroxylation is 2. The van der Waals surface area contributed by atoms with E-state index in [1.54, 1.807) is 19.1 Å². The van der Waals surface area contributed by atoms with Gasteiger partial charge in [-0.25, -0.2) is 4.98 Å². The molecule has 106 valence electrons. The van der Waals surface area contributed by atoms with Gasteiger partial charge in [0.05, 0.1) is 6.54 Å². The Balaban J connectivity index is 2.04. The third kappa shape index (κ3) is 3.53. The number of rotatable bonds is 5. The van der Waals surface area contributed by atoms with Crippen LogP contribution in [0.2, 0.25) is 0 Å². The molecule has 7 heteroatoms. The molecule has 0 unspecified atom stereocenters. The molecule has 1 amide bonds. The summed E-state index contributed by atoms with van der Waals surface area (Å²) in [7, 11) is 0. The molecule has 0 saturated carbocycles. The van der Waals surface area contributed by atoms with E-state index in [-0.39, 0.29) is 12.5 Å². The number of aromatic nitrogens is 3. The van der Waals surface area contributed by atoms with Gasteiger partial charge in [0.2, 0.25) is 5.89 Å². The quantitative estimate of drug-likeness (QED) is 0.850. The highest BCUT2D eigenvalue weighted by Gasteiger charge is 2.10. The largest absolute Gasteiger partial charge is 0.384 e. The predicted molar refractivity (Wildman–Crippen MR) is 72.8 cm³/mol. The first-order chi connectivity index (χ1) is 9.58. The first-order valence-electron chi connectivity index (χ1n) is 6.42. The van der Waals surface area contributed by atoms with E-state index in [4.69, 9.17) is 10.3 Å². The SMILES string of the molecule is CCCc1cc(C(=O)NCc2noc(C)n2)cc(N)n1. The summed E-state index contributed by atoms with van der Waals surface area (Å²) in [6.45, 7) is 3.95. The monoisotopic (exact) mass is 275 g/mol. The van der Waals surface area contributed by atoms with Crippen LogP contribution in [0.25, 0.3) is 0 Å². The van der Waals surface area contributed by atoms with Crippen LogP contribution in [-0.4, -0.2) is 21.0 Å². The normalized spacial score (nSPS) is 10.5. The zero-order chi connectivity index (χ0) is 14.5. The van der Waals surface area contributed by atoms with E-state index in [9.17, 15) is 4.79 Å². The second-order valence-electron chi connectivity index (χ2n) is 4.43. The second kappa shape index (κ2) is 6.14. The van der Waals surface area contributed by atoms with Crippen LogP contribution < -0.4 is 11.1 Å². The number of nitrogens with two attached hydrogens (primary N) is 1. The van der Waals surface area contributed by atoms with Gasteiger partial charge in [0.1, 0.15) is 5.82 Å². The molecular formula is C13H17N5O2. The van der Waals surface area contributed by atoms with Gasteiger partial charge in [-0.15, -0.1) is 0 Å². The molecule has 2 heterocycles. The van der Waals surface area contributed by atoms with Gasteiger partial charge in [0.15, 0.2) is 5.82 Å². The zero-order valence-electron chi connectivity index (χ0n) is 11.5. The van der Waals surface area contributed by atoms with Crippen molar-refractivity contribution in [3.63, 3.8) is 0 Å². The van der Waals surface area contributed by atoms with Gasteiger partial charge >= 0.3 is 0 Å². The number of carbonyl (C=O) groups is 1. The molecule has 3 N–H and O–H groups in total. The topological polar surface area (TPSA) is 107 Å². The summed E-state index contributed by atoms with van der Waals surface area (Å²) in [5.41, 5.74) is 7.01. The molecule has 0 aliphatic heterocycles. The van der Waals surface area contributed by atoms with Crippen LogP contribution in [0.15, 0.2) is 16.7 Å². The van der Waals surface area contributed by atoms with Crippen LogP contribution in [-0.2, 0) is 13.0 Å². The molecule has 0 atom stereocenters. The van der Waals surface area contributed by atoms with Crippen molar-refractivity contribution in [2.75, 3.05) is 5.73 Å². The van der Waals surface area contributed by atoms with Crippen molar-refractivity contribution in [2.45, 2.75) is 33.2 Å². The number of pyridine rings is 1. The number of nitrogens with one attached hydrogen (secondary N) is 1. The first-order valence-corrected chi connectivity index (χ1v) is 6.42. The minimum atomic E-state index is -0.237. The molecule has 0 aromatic carbocycles. The van der Waals surface area contributed by atoms with Gasteiger partial charge in [-0.05, 0) is 18.6 Å². The molecule has 0 bridgehead atoms. The van der Waals surface area contributed by atoms with Crippen molar-refractivity contribution < 1.29 is 9.32 Å². The Morgan fingerprint density at radius 3 is 2.85 bits per heavy atom. The Hall–Kier alpha value is -2.44. The fraction of sp³-hybridized carbons (Fsp3) is 0.385. The summed E-state index contributed by atoms with van der Waals surface area (Å²) in [5, 5.41) is 6.43. The molecule has 0 spiro atoms. The first kappa shape index (κ1) is 14.0. The number of hydrogen-bond donors (Lipinski definition) is 2. The van der Waals surface area contributed by atoms with Crippen molar-refractivity contribution in [1.29, 1.82) is 0 Å². The summed E-state index contributed by atoms with van der Waals surface area (Å²) in [6, 6.07) is 3.30. The third-order valence-corrected chi connectivity index (χ3v) is 2.64. The lowest BCUT2D eigenvalue weighted by Gasteiger charge is -2.06. The Bertz CT molecular complexity index is 609. The zero-order valence-corrected chi connectivity index (χ0v) is 11.5. The minimum Gasteiger partial charge on any atom is -0.384 e. The molecule has 2 aromatic rings. The van der Waals surface area contributed by atoms with Crippen LogP contribution in [0, 0.1) is 6.92 Å². The highest BCUT2D eigenvalue weighted by Crippen LogP contribution is 2.10. The fourth-order valence-electron chi connectivity index (χ4n) is 1.80. The van der Waals surface area contributed by atoms with Crippen molar-refractivity contribution >= 4 is 11.7 Å². The summed E-state index contributed by atoms with van der Waals surface area (Å²) < 4.78 is 4.83. The Morgan fingerprint density at radius 2 is 2.20 bits per heavy atom. The van der Waals surface area contributed by atoms with Gasteiger partial charge in [-0.3, -0.25) is 4.79 Å². The van der Waals surface area contributed by atoms with Gasteiger partial charge in [0.25, 0.3) is 5.91 Å². The van der Waals surface area contributed by atoms with Gasteiger partial charge in [-0.1, -0.05) is 18.5 Å². The van der Waals surface area contributed by atoms with E-state index in [1.165, 1.54) is 0 Å². The molecule has 2 rings (SSSR count). The average molecular weight is 275 g/mol. The number of anilines is 1. The maximum atomic E-state index is 12.1. The van der Waals surface area contributed by atoms with E-state index in [0.717, 1.165) is 18.5 Å². The van der Waals surface area contributed by atoms with E-state index >= 15 is 0 Å². The Morgan fingerprint density at radius 1 is 1.40 bits per heavy atom. The lowest BCUT2D eigenvalue weighted by atomic mass is 10.1. The smallest absolute Gasteiger partial charge is 0.251 e. The summed E-state index contributed by atoms with van der Waals surface area (Å²) in [5.74, 6) is 1.01. The highest BCUT2D eigenvalue weighted by molar-refractivity contribution is 5.94. The summed E-state index contributed by atoms with van der Waals surface area (Å²) in [6.07, 6.45) is 1.73. The lowest BCUT2D eigenvalue weighted by molar-refractivity contribution is 0.0949. The van der Waals surface area contributed by atoms with E-state index in [1.807, 2.05) is 6.92 Å². The van der Waals surface area contributed by atoms with Crippen LogP contribution in [0.4, 0.5) is 5.82 Å². The number of nitrogen functional groups attached to an aromatic ring is 1. The fourth-order valence-corrected chi connectivity index (χ4v) is 1.80. The molecule has 20 heavy (non-hydrogen) atoms. The second-order valence-corrected chi connectivity index (χ2v) is 4.43. The van der Waals surface area contributed by atoms with E-state index in [2.05, 4.69) is 20.4 Å². The van der Waals surface area contributed by atoms with Gasteiger partial charge in [0, 0.05) is 18.2 Å².